The molecule has 100 valence electrons. The van der Waals surface area contributed by atoms with Crippen molar-refractivity contribution in [2.45, 2.75) is 25.1 Å². The number of piperidine rings is 1. The third-order valence-corrected chi connectivity index (χ3v) is 3.19. The van der Waals surface area contributed by atoms with E-state index in [4.69, 9.17) is 17.0 Å². The van der Waals surface area contributed by atoms with Gasteiger partial charge in [0.05, 0.1) is 0 Å². The van der Waals surface area contributed by atoms with Gasteiger partial charge in [-0.15, -0.1) is 0 Å². The maximum absolute atomic E-state index is 11.9. The molecular weight excluding hydrogens is 242 g/mol. The zero-order valence-corrected chi connectivity index (χ0v) is 10.7. The molecule has 1 unspecified atom stereocenters. The minimum absolute atomic E-state index is 0.240. The molecule has 0 saturated carbocycles. The van der Waals surface area contributed by atoms with Crippen molar-refractivity contribution >= 4 is 6.09 Å². The van der Waals surface area contributed by atoms with E-state index < -0.39 is 11.8 Å². The lowest BCUT2D eigenvalue weighted by Gasteiger charge is -2.31. The fraction of sp³-hybridized carbons (Fsp3) is 0.429. The summed E-state index contributed by atoms with van der Waals surface area (Å²) in [4.78, 5) is 16.8. The van der Waals surface area contributed by atoms with Gasteiger partial charge < -0.3 is 4.74 Å². The second-order valence-electron chi connectivity index (χ2n) is 4.78. The first-order chi connectivity index (χ1) is 9.13. The molecule has 0 bridgehead atoms. The van der Waals surface area contributed by atoms with Crippen LogP contribution >= 0.6 is 0 Å². The lowest BCUT2D eigenvalue weighted by atomic mass is 10.0. The number of ether oxygens (including phenoxy) is 1. The zero-order valence-electron chi connectivity index (χ0n) is 10.7. The van der Waals surface area contributed by atoms with Gasteiger partial charge in [0, 0.05) is 13.0 Å². The minimum atomic E-state index is -0.954. The number of likely N-dealkylation sites (tertiary alicyclic amines) is 1. The topological polar surface area (TPSA) is 59.9 Å². The van der Waals surface area contributed by atoms with Crippen molar-refractivity contribution in [3.8, 4) is 0 Å². The van der Waals surface area contributed by atoms with Gasteiger partial charge in [0.25, 0.3) is 0 Å². The first-order valence-corrected chi connectivity index (χ1v) is 6.26. The lowest BCUT2D eigenvalue weighted by molar-refractivity contribution is 0.0792. The molecule has 1 atom stereocenters. The number of rotatable bonds is 2. The Hall–Kier alpha value is -2.06. The van der Waals surface area contributed by atoms with Crippen LogP contribution in [-0.2, 0) is 11.3 Å². The van der Waals surface area contributed by atoms with Crippen molar-refractivity contribution in [3.63, 3.8) is 0 Å². The highest BCUT2D eigenvalue weighted by Gasteiger charge is 2.39. The smallest absolute Gasteiger partial charge is 0.410 e. The molecule has 1 aliphatic heterocycles. The van der Waals surface area contributed by atoms with E-state index >= 15 is 0 Å². The van der Waals surface area contributed by atoms with Crippen LogP contribution in [0.3, 0.4) is 0 Å². The number of hydrogen-bond acceptors (Lipinski definition) is 3. The van der Waals surface area contributed by atoms with Crippen molar-refractivity contribution < 1.29 is 9.53 Å². The molecule has 0 radical (unpaired) electrons. The molecule has 1 aromatic rings. The second-order valence-corrected chi connectivity index (χ2v) is 4.78. The Morgan fingerprint density at radius 2 is 2.21 bits per heavy atom. The standard InChI is InChI=1S/C14H17N3O2/c1-16-14(15)8-5-9-17(11-14)13(18)19-10-12-6-3-2-4-7-12/h2-4,6-7H,5,8-11,15H2. The quantitative estimate of drug-likeness (QED) is 0.826. The predicted octanol–water partition coefficient (Wildman–Crippen LogP) is 1.99. The molecule has 2 N–H and O–H groups in total. The molecule has 1 aliphatic rings. The first kappa shape index (κ1) is 13.4. The zero-order chi connectivity index (χ0) is 13.7. The third-order valence-electron chi connectivity index (χ3n) is 3.19. The maximum atomic E-state index is 11.9. The maximum Gasteiger partial charge on any atom is 0.410 e. The van der Waals surface area contributed by atoms with E-state index in [-0.39, 0.29) is 13.2 Å². The number of nitrogens with zero attached hydrogens (tertiary/aromatic N) is 2. The summed E-state index contributed by atoms with van der Waals surface area (Å²) in [6.45, 7) is 8.16. The molecule has 1 fully saturated rings. The fourth-order valence-electron chi connectivity index (χ4n) is 2.12. The molecule has 1 amide bonds. The summed E-state index contributed by atoms with van der Waals surface area (Å²) in [6.07, 6.45) is 0.959. The summed E-state index contributed by atoms with van der Waals surface area (Å²) >= 11 is 0. The summed E-state index contributed by atoms with van der Waals surface area (Å²) in [7, 11) is 0. The van der Waals surface area contributed by atoms with Gasteiger partial charge in [-0.25, -0.2) is 11.4 Å². The first-order valence-electron chi connectivity index (χ1n) is 6.26. The SMILES string of the molecule is [C-]#[N+]C1(N)CCCN(C(=O)OCc2ccccc2)C1. The fourth-order valence-corrected chi connectivity index (χ4v) is 2.12. The Balaban J connectivity index is 1.88. The van der Waals surface area contributed by atoms with Crippen LogP contribution in [0.4, 0.5) is 4.79 Å². The monoisotopic (exact) mass is 259 g/mol. The van der Waals surface area contributed by atoms with E-state index in [9.17, 15) is 4.79 Å². The Morgan fingerprint density at radius 3 is 2.89 bits per heavy atom. The molecule has 1 heterocycles. The van der Waals surface area contributed by atoms with Gasteiger partial charge in [-0.05, 0) is 12.0 Å². The van der Waals surface area contributed by atoms with Crippen LogP contribution in [0.25, 0.3) is 4.85 Å². The summed E-state index contributed by atoms with van der Waals surface area (Å²) in [5, 5.41) is 0. The van der Waals surface area contributed by atoms with Gasteiger partial charge in [-0.2, -0.15) is 0 Å². The Labute approximate surface area is 112 Å². The van der Waals surface area contributed by atoms with Crippen molar-refractivity contribution in [3.05, 3.63) is 47.3 Å². The second kappa shape index (κ2) is 5.72. The third kappa shape index (κ3) is 3.46. The molecule has 5 heteroatoms. The van der Waals surface area contributed by atoms with E-state index in [0.717, 1.165) is 12.0 Å². The largest absolute Gasteiger partial charge is 0.445 e. The number of carbonyl (C=O) groups is 1. The predicted molar refractivity (Wildman–Crippen MR) is 71.0 cm³/mol. The molecule has 0 aromatic heterocycles. The van der Waals surface area contributed by atoms with Crippen molar-refractivity contribution in [1.82, 2.24) is 4.90 Å². The molecule has 1 saturated heterocycles. The van der Waals surface area contributed by atoms with E-state index in [0.29, 0.717) is 13.0 Å². The number of carbonyl (C=O) groups excluding carboxylic acids is 1. The number of hydrogen-bond donors (Lipinski definition) is 1. The average Bonchev–Trinajstić information content (AvgIpc) is 2.46. The molecule has 0 spiro atoms. The highest BCUT2D eigenvalue weighted by atomic mass is 16.6. The Morgan fingerprint density at radius 1 is 1.47 bits per heavy atom. The van der Waals surface area contributed by atoms with Gasteiger partial charge in [-0.1, -0.05) is 30.3 Å². The summed E-state index contributed by atoms with van der Waals surface area (Å²) < 4.78 is 5.23. The Kier molecular flexibility index (Phi) is 4.03. The summed E-state index contributed by atoms with van der Waals surface area (Å²) in [5.74, 6) is 0. The van der Waals surface area contributed by atoms with E-state index in [1.807, 2.05) is 30.3 Å². The average molecular weight is 259 g/mol. The molecule has 0 aliphatic carbocycles. The van der Waals surface area contributed by atoms with Crippen LogP contribution in [0.1, 0.15) is 18.4 Å². The van der Waals surface area contributed by atoms with Gasteiger partial charge in [0.1, 0.15) is 13.2 Å². The van der Waals surface area contributed by atoms with Gasteiger partial charge >= 0.3 is 11.8 Å². The van der Waals surface area contributed by atoms with Crippen LogP contribution in [0.5, 0.6) is 0 Å². The minimum Gasteiger partial charge on any atom is -0.445 e. The van der Waals surface area contributed by atoms with Crippen molar-refractivity contribution in [1.29, 1.82) is 0 Å². The number of nitrogens with two attached hydrogens (primary N) is 1. The van der Waals surface area contributed by atoms with Gasteiger partial charge in [0.15, 0.2) is 0 Å². The molecule has 2 rings (SSSR count). The molecule has 19 heavy (non-hydrogen) atoms. The van der Waals surface area contributed by atoms with Gasteiger partial charge in [0.2, 0.25) is 0 Å². The van der Waals surface area contributed by atoms with Crippen LogP contribution < -0.4 is 5.73 Å². The van der Waals surface area contributed by atoms with Crippen molar-refractivity contribution in [2.75, 3.05) is 13.1 Å². The lowest BCUT2D eigenvalue weighted by Crippen LogP contribution is -2.53. The highest BCUT2D eigenvalue weighted by molar-refractivity contribution is 5.68. The van der Waals surface area contributed by atoms with Crippen LogP contribution in [0, 0.1) is 6.57 Å². The normalized spacial score (nSPS) is 22.6. The van der Waals surface area contributed by atoms with Gasteiger partial charge in [-0.3, -0.25) is 15.5 Å². The molecule has 5 nitrogen and oxygen atoms in total. The van der Waals surface area contributed by atoms with Crippen molar-refractivity contribution in [2.24, 2.45) is 5.73 Å². The van der Waals surface area contributed by atoms with Crippen LogP contribution in [-0.4, -0.2) is 29.7 Å². The number of benzene rings is 1. The van der Waals surface area contributed by atoms with E-state index in [1.54, 1.807) is 0 Å². The van der Waals surface area contributed by atoms with Crippen LogP contribution in [0.15, 0.2) is 30.3 Å². The summed E-state index contributed by atoms with van der Waals surface area (Å²) in [5.41, 5.74) is 5.88. The van der Waals surface area contributed by atoms with E-state index in [2.05, 4.69) is 4.85 Å². The molecular formula is C14H17N3O2. The molecule has 1 aromatic carbocycles. The highest BCUT2D eigenvalue weighted by Crippen LogP contribution is 2.20. The Bertz CT molecular complexity index is 483. The summed E-state index contributed by atoms with van der Waals surface area (Å²) in [6, 6.07) is 9.50. The van der Waals surface area contributed by atoms with Crippen LogP contribution in [0.2, 0.25) is 0 Å². The van der Waals surface area contributed by atoms with E-state index in [1.165, 1.54) is 4.90 Å². The number of amides is 1.